The fraction of sp³-hybridized carbons (Fsp3) is 0.562. The first-order valence-corrected chi connectivity index (χ1v) is 9.35. The van der Waals surface area contributed by atoms with Gasteiger partial charge in [-0.1, -0.05) is 18.6 Å². The van der Waals surface area contributed by atoms with Gasteiger partial charge < -0.3 is 4.90 Å². The van der Waals surface area contributed by atoms with E-state index in [-0.39, 0.29) is 11.8 Å². The van der Waals surface area contributed by atoms with Gasteiger partial charge in [0.15, 0.2) is 0 Å². The quantitative estimate of drug-likeness (QED) is 0.868. The Hall–Kier alpha value is -1.42. The van der Waals surface area contributed by atoms with Crippen LogP contribution >= 0.6 is 0 Å². The highest BCUT2D eigenvalue weighted by Gasteiger charge is 2.19. The van der Waals surface area contributed by atoms with Crippen LogP contribution in [0, 0.1) is 11.3 Å². The van der Waals surface area contributed by atoms with Crippen molar-refractivity contribution in [1.82, 2.24) is 9.62 Å². The third kappa shape index (κ3) is 5.41. The van der Waals surface area contributed by atoms with Gasteiger partial charge in [0.25, 0.3) is 0 Å². The maximum absolute atomic E-state index is 12.2. The van der Waals surface area contributed by atoms with Crippen LogP contribution in [-0.2, 0) is 15.8 Å². The molecule has 120 valence electrons. The second kappa shape index (κ2) is 7.73. The second-order valence-corrected chi connectivity index (χ2v) is 7.71. The van der Waals surface area contributed by atoms with Crippen LogP contribution in [0.4, 0.5) is 0 Å². The Bertz CT molecular complexity index is 631. The lowest BCUT2D eigenvalue weighted by molar-refractivity contribution is 0.215. The van der Waals surface area contributed by atoms with Crippen molar-refractivity contribution in [2.75, 3.05) is 19.6 Å². The Kier molecular flexibility index (Phi) is 5.95. The Labute approximate surface area is 133 Å². The van der Waals surface area contributed by atoms with E-state index in [4.69, 9.17) is 5.26 Å². The van der Waals surface area contributed by atoms with Gasteiger partial charge in [-0.25, -0.2) is 13.1 Å². The highest BCUT2D eigenvalue weighted by atomic mass is 32.2. The van der Waals surface area contributed by atoms with E-state index in [2.05, 4.69) is 9.62 Å². The van der Waals surface area contributed by atoms with Gasteiger partial charge in [-0.05, 0) is 50.6 Å². The van der Waals surface area contributed by atoms with E-state index < -0.39 is 10.0 Å². The van der Waals surface area contributed by atoms with Gasteiger partial charge in [0.2, 0.25) is 10.0 Å². The number of rotatable bonds is 6. The number of nitrogens with one attached hydrogen (secondary N) is 1. The minimum atomic E-state index is -3.40. The molecule has 1 aliphatic heterocycles. The number of benzene rings is 1. The predicted octanol–water partition coefficient (Wildman–Crippen LogP) is 1.85. The molecule has 0 bridgehead atoms. The number of sulfonamides is 1. The van der Waals surface area contributed by atoms with E-state index in [0.717, 1.165) is 19.6 Å². The number of hydrogen-bond donors (Lipinski definition) is 1. The maximum Gasteiger partial charge on any atom is 0.216 e. The molecule has 0 radical (unpaired) electrons. The Morgan fingerprint density at radius 1 is 1.32 bits per heavy atom. The fourth-order valence-corrected chi connectivity index (χ4v) is 4.25. The van der Waals surface area contributed by atoms with Crippen LogP contribution in [0.5, 0.6) is 0 Å². The lowest BCUT2D eigenvalue weighted by atomic mass is 10.1. The van der Waals surface area contributed by atoms with Crippen molar-refractivity contribution in [3.05, 3.63) is 35.4 Å². The van der Waals surface area contributed by atoms with Crippen LogP contribution in [0.25, 0.3) is 0 Å². The van der Waals surface area contributed by atoms with E-state index in [1.165, 1.54) is 19.3 Å². The molecule has 0 unspecified atom stereocenters. The van der Waals surface area contributed by atoms with Crippen LogP contribution in [0.3, 0.4) is 0 Å². The Morgan fingerprint density at radius 3 is 2.73 bits per heavy atom. The monoisotopic (exact) mass is 321 g/mol. The van der Waals surface area contributed by atoms with Crippen LogP contribution < -0.4 is 4.72 Å². The summed E-state index contributed by atoms with van der Waals surface area (Å²) in [4.78, 5) is 2.31. The minimum Gasteiger partial charge on any atom is -0.302 e. The third-order valence-electron chi connectivity index (χ3n) is 3.77. The first kappa shape index (κ1) is 16.9. The van der Waals surface area contributed by atoms with Crippen LogP contribution in [0.15, 0.2) is 24.3 Å². The second-order valence-electron chi connectivity index (χ2n) is 5.95. The van der Waals surface area contributed by atoms with Crippen molar-refractivity contribution in [3.8, 4) is 6.07 Å². The first-order chi connectivity index (χ1) is 10.5. The Morgan fingerprint density at radius 2 is 2.05 bits per heavy atom. The van der Waals surface area contributed by atoms with Gasteiger partial charge in [-0.2, -0.15) is 5.26 Å². The standard InChI is InChI=1S/C16H23N3O2S/c1-14(12-19-8-3-2-4-9-19)18-22(20,21)13-16-7-5-6-15(10-16)11-17/h5-7,10,14,18H,2-4,8-9,12-13H2,1H3/t14-/m1/s1. The lowest BCUT2D eigenvalue weighted by Gasteiger charge is -2.29. The third-order valence-corrected chi connectivity index (χ3v) is 5.25. The molecule has 1 N–H and O–H groups in total. The SMILES string of the molecule is C[C@H](CN1CCCCC1)NS(=O)(=O)Cc1cccc(C#N)c1. The van der Waals surface area contributed by atoms with E-state index in [0.29, 0.717) is 11.1 Å². The van der Waals surface area contributed by atoms with E-state index >= 15 is 0 Å². The summed E-state index contributed by atoms with van der Waals surface area (Å²) in [6, 6.07) is 8.65. The average Bonchev–Trinajstić information content (AvgIpc) is 2.47. The first-order valence-electron chi connectivity index (χ1n) is 7.70. The van der Waals surface area contributed by atoms with Crippen molar-refractivity contribution in [2.45, 2.75) is 38.0 Å². The molecule has 22 heavy (non-hydrogen) atoms. The molecule has 1 aromatic carbocycles. The molecule has 0 saturated carbocycles. The van der Waals surface area contributed by atoms with Gasteiger partial charge in [0.05, 0.1) is 17.4 Å². The van der Waals surface area contributed by atoms with E-state index in [9.17, 15) is 8.42 Å². The van der Waals surface area contributed by atoms with Gasteiger partial charge in [0.1, 0.15) is 0 Å². The normalized spacial score (nSPS) is 17.8. The lowest BCUT2D eigenvalue weighted by Crippen LogP contribution is -2.43. The highest BCUT2D eigenvalue weighted by Crippen LogP contribution is 2.11. The highest BCUT2D eigenvalue weighted by molar-refractivity contribution is 7.88. The number of hydrogen-bond acceptors (Lipinski definition) is 4. The van der Waals surface area contributed by atoms with Gasteiger partial charge >= 0.3 is 0 Å². The zero-order valence-corrected chi connectivity index (χ0v) is 13.8. The summed E-state index contributed by atoms with van der Waals surface area (Å²) in [6.07, 6.45) is 3.66. The van der Waals surface area contributed by atoms with E-state index in [1.54, 1.807) is 24.3 Å². The molecular weight excluding hydrogens is 298 g/mol. The fourth-order valence-electron chi connectivity index (χ4n) is 2.86. The summed E-state index contributed by atoms with van der Waals surface area (Å²) in [6.45, 7) is 4.75. The molecule has 1 aromatic rings. The van der Waals surface area contributed by atoms with Crippen LogP contribution in [0.1, 0.15) is 37.3 Å². The van der Waals surface area contributed by atoms with Crippen molar-refractivity contribution >= 4 is 10.0 Å². The van der Waals surface area contributed by atoms with Gasteiger partial charge in [-0.15, -0.1) is 0 Å². The minimum absolute atomic E-state index is 0.0904. The van der Waals surface area contributed by atoms with Gasteiger partial charge in [0, 0.05) is 12.6 Å². The molecule has 1 heterocycles. The summed E-state index contributed by atoms with van der Waals surface area (Å²) in [7, 11) is -3.40. The largest absolute Gasteiger partial charge is 0.302 e. The summed E-state index contributed by atoms with van der Waals surface area (Å²) >= 11 is 0. The van der Waals surface area contributed by atoms with Crippen molar-refractivity contribution < 1.29 is 8.42 Å². The molecule has 0 aliphatic carbocycles. The molecule has 1 atom stereocenters. The van der Waals surface area contributed by atoms with Gasteiger partial charge in [-0.3, -0.25) is 0 Å². The van der Waals surface area contributed by atoms with Crippen LogP contribution in [0.2, 0.25) is 0 Å². The number of piperidine rings is 1. The van der Waals surface area contributed by atoms with Crippen molar-refractivity contribution in [1.29, 1.82) is 5.26 Å². The zero-order chi connectivity index (χ0) is 16.0. The molecule has 1 fully saturated rings. The zero-order valence-electron chi connectivity index (χ0n) is 13.0. The number of likely N-dealkylation sites (tertiary alicyclic amines) is 1. The topological polar surface area (TPSA) is 73.2 Å². The Balaban J connectivity index is 1.90. The summed E-state index contributed by atoms with van der Waals surface area (Å²) < 4.78 is 27.2. The van der Waals surface area contributed by atoms with E-state index in [1.807, 2.05) is 13.0 Å². The molecule has 1 aliphatic rings. The molecule has 2 rings (SSSR count). The number of nitrogens with zero attached hydrogens (tertiary/aromatic N) is 2. The molecule has 0 spiro atoms. The molecule has 0 amide bonds. The number of nitriles is 1. The molecule has 6 heteroatoms. The summed E-state index contributed by atoms with van der Waals surface area (Å²) in [5, 5.41) is 8.87. The summed E-state index contributed by atoms with van der Waals surface area (Å²) in [5.41, 5.74) is 1.12. The summed E-state index contributed by atoms with van der Waals surface area (Å²) in [5.74, 6) is -0.0904. The molecule has 5 nitrogen and oxygen atoms in total. The maximum atomic E-state index is 12.2. The molecular formula is C16H23N3O2S. The smallest absolute Gasteiger partial charge is 0.216 e. The molecule has 1 saturated heterocycles. The van der Waals surface area contributed by atoms with Crippen molar-refractivity contribution in [2.24, 2.45) is 0 Å². The average molecular weight is 321 g/mol. The predicted molar refractivity (Wildman–Crippen MR) is 86.7 cm³/mol. The van der Waals surface area contributed by atoms with Crippen molar-refractivity contribution in [3.63, 3.8) is 0 Å². The van der Waals surface area contributed by atoms with Crippen LogP contribution in [-0.4, -0.2) is 39.0 Å². The molecule has 0 aromatic heterocycles.